The minimum atomic E-state index is 0.212. The van der Waals surface area contributed by atoms with Crippen molar-refractivity contribution in [3.63, 3.8) is 0 Å². The van der Waals surface area contributed by atoms with Gasteiger partial charge in [0.1, 0.15) is 0 Å². The molecular weight excluding hydrogens is 210 g/mol. The molecule has 1 atom stereocenters. The monoisotopic (exact) mass is 237 g/mol. The summed E-state index contributed by atoms with van der Waals surface area (Å²) in [6, 6.07) is 0.854. The summed E-state index contributed by atoms with van der Waals surface area (Å²) in [6.07, 6.45) is 9.38. The maximum atomic E-state index is 6.31. The van der Waals surface area contributed by atoms with Crippen molar-refractivity contribution < 1.29 is 0 Å². The predicted molar refractivity (Wildman–Crippen MR) is 71.0 cm³/mol. The number of nitrogens with zero attached hydrogens (tertiary/aromatic N) is 2. The number of fused-ring (bicyclic) bond motifs is 1. The highest BCUT2D eigenvalue weighted by Crippen LogP contribution is 2.32. The van der Waals surface area contributed by atoms with Crippen LogP contribution in [-0.2, 0) is 0 Å². The third kappa shape index (κ3) is 2.67. The summed E-state index contributed by atoms with van der Waals surface area (Å²) in [5, 5.41) is 0. The van der Waals surface area contributed by atoms with Gasteiger partial charge >= 0.3 is 0 Å². The fourth-order valence-corrected chi connectivity index (χ4v) is 3.69. The molecule has 0 aromatic rings. The Bertz CT molecular complexity index is 262. The van der Waals surface area contributed by atoms with Crippen LogP contribution in [0.2, 0.25) is 0 Å². The van der Waals surface area contributed by atoms with Crippen LogP contribution in [0.3, 0.4) is 0 Å². The zero-order valence-corrected chi connectivity index (χ0v) is 11.0. The van der Waals surface area contributed by atoms with Gasteiger partial charge in [-0.3, -0.25) is 4.90 Å². The van der Waals surface area contributed by atoms with E-state index in [1.807, 2.05) is 0 Å². The lowest BCUT2D eigenvalue weighted by molar-refractivity contribution is 0.0425. The average molecular weight is 237 g/mol. The fraction of sp³-hybridized carbons (Fsp3) is 1.00. The molecule has 2 N–H and O–H groups in total. The normalized spacial score (nSPS) is 34.1. The number of hydrogen-bond acceptors (Lipinski definition) is 3. The highest BCUT2D eigenvalue weighted by atomic mass is 15.3. The van der Waals surface area contributed by atoms with Gasteiger partial charge in [0.25, 0.3) is 0 Å². The van der Waals surface area contributed by atoms with Crippen molar-refractivity contribution in [3.8, 4) is 0 Å². The van der Waals surface area contributed by atoms with Gasteiger partial charge in [-0.15, -0.1) is 0 Å². The molecule has 3 rings (SSSR count). The first-order valence-corrected chi connectivity index (χ1v) is 7.51. The second kappa shape index (κ2) is 4.87. The molecule has 98 valence electrons. The Labute approximate surface area is 105 Å². The van der Waals surface area contributed by atoms with Crippen LogP contribution in [0.5, 0.6) is 0 Å². The summed E-state index contributed by atoms with van der Waals surface area (Å²) in [7, 11) is 0. The molecule has 0 aromatic carbocycles. The van der Waals surface area contributed by atoms with Crippen LogP contribution in [0.4, 0.5) is 0 Å². The van der Waals surface area contributed by atoms with Crippen LogP contribution in [-0.4, -0.2) is 54.1 Å². The molecular formula is C14H27N3. The standard InChI is InChI=1S/C14H27N3/c15-14(5-3-6-14)7-9-16-10-11-17-8-2-1-4-13(17)12-16/h13H,1-12,15H2. The molecule has 0 aromatic heterocycles. The molecule has 0 amide bonds. The lowest BCUT2D eigenvalue weighted by atomic mass is 9.75. The van der Waals surface area contributed by atoms with Gasteiger partial charge in [-0.1, -0.05) is 6.42 Å². The maximum absolute atomic E-state index is 6.31. The van der Waals surface area contributed by atoms with E-state index in [0.29, 0.717) is 0 Å². The average Bonchev–Trinajstić information content (AvgIpc) is 2.34. The zero-order valence-electron chi connectivity index (χ0n) is 11.0. The van der Waals surface area contributed by atoms with Crippen molar-refractivity contribution in [3.05, 3.63) is 0 Å². The van der Waals surface area contributed by atoms with Crippen molar-refractivity contribution in [2.75, 3.05) is 32.7 Å². The molecule has 3 fully saturated rings. The number of hydrogen-bond donors (Lipinski definition) is 1. The Morgan fingerprint density at radius 2 is 1.94 bits per heavy atom. The molecule has 0 spiro atoms. The van der Waals surface area contributed by atoms with Gasteiger partial charge in [0.05, 0.1) is 0 Å². The van der Waals surface area contributed by atoms with Crippen LogP contribution < -0.4 is 5.73 Å². The van der Waals surface area contributed by atoms with Crippen LogP contribution in [0.15, 0.2) is 0 Å². The van der Waals surface area contributed by atoms with E-state index >= 15 is 0 Å². The van der Waals surface area contributed by atoms with Crippen molar-refractivity contribution in [2.45, 2.75) is 56.5 Å². The van der Waals surface area contributed by atoms with Gasteiger partial charge in [-0.25, -0.2) is 0 Å². The molecule has 2 heterocycles. The lowest BCUT2D eigenvalue weighted by Gasteiger charge is -2.46. The summed E-state index contributed by atoms with van der Waals surface area (Å²) in [5.41, 5.74) is 6.53. The van der Waals surface area contributed by atoms with Gasteiger partial charge < -0.3 is 10.6 Å². The highest BCUT2D eigenvalue weighted by molar-refractivity contribution is 4.94. The van der Waals surface area contributed by atoms with Crippen LogP contribution in [0.1, 0.15) is 44.9 Å². The summed E-state index contributed by atoms with van der Waals surface area (Å²) in [4.78, 5) is 5.38. The second-order valence-electron chi connectivity index (χ2n) is 6.45. The van der Waals surface area contributed by atoms with Gasteiger partial charge in [-0.2, -0.15) is 0 Å². The molecule has 3 nitrogen and oxygen atoms in total. The van der Waals surface area contributed by atoms with E-state index in [1.165, 1.54) is 77.7 Å². The molecule has 3 aliphatic rings. The van der Waals surface area contributed by atoms with E-state index in [0.717, 1.165) is 6.04 Å². The minimum absolute atomic E-state index is 0.212. The smallest absolute Gasteiger partial charge is 0.0223 e. The lowest BCUT2D eigenvalue weighted by Crippen LogP contribution is -2.56. The second-order valence-corrected chi connectivity index (χ2v) is 6.45. The summed E-state index contributed by atoms with van der Waals surface area (Å²) in [5.74, 6) is 0. The van der Waals surface area contributed by atoms with E-state index in [-0.39, 0.29) is 5.54 Å². The van der Waals surface area contributed by atoms with Gasteiger partial charge in [0, 0.05) is 31.2 Å². The van der Waals surface area contributed by atoms with Crippen molar-refractivity contribution in [1.29, 1.82) is 0 Å². The van der Waals surface area contributed by atoms with Crippen LogP contribution in [0, 0.1) is 0 Å². The molecule has 0 bridgehead atoms. The van der Waals surface area contributed by atoms with E-state index in [1.54, 1.807) is 0 Å². The zero-order chi connectivity index (χ0) is 11.7. The van der Waals surface area contributed by atoms with E-state index in [2.05, 4.69) is 9.80 Å². The maximum Gasteiger partial charge on any atom is 0.0223 e. The molecule has 1 saturated carbocycles. The fourth-order valence-electron chi connectivity index (χ4n) is 3.69. The van der Waals surface area contributed by atoms with Crippen molar-refractivity contribution in [2.24, 2.45) is 5.73 Å². The molecule has 2 saturated heterocycles. The van der Waals surface area contributed by atoms with Gasteiger partial charge in [0.15, 0.2) is 0 Å². The number of piperidine rings is 1. The Morgan fingerprint density at radius 3 is 2.71 bits per heavy atom. The number of rotatable bonds is 3. The first-order chi connectivity index (χ1) is 8.25. The molecule has 1 aliphatic carbocycles. The van der Waals surface area contributed by atoms with E-state index in [9.17, 15) is 0 Å². The van der Waals surface area contributed by atoms with Crippen molar-refractivity contribution >= 4 is 0 Å². The predicted octanol–water partition coefficient (Wildman–Crippen LogP) is 1.43. The molecule has 2 aliphatic heterocycles. The Kier molecular flexibility index (Phi) is 3.42. The minimum Gasteiger partial charge on any atom is -0.325 e. The van der Waals surface area contributed by atoms with E-state index < -0.39 is 0 Å². The summed E-state index contributed by atoms with van der Waals surface area (Å²) >= 11 is 0. The van der Waals surface area contributed by atoms with Crippen molar-refractivity contribution in [1.82, 2.24) is 9.80 Å². The summed E-state index contributed by atoms with van der Waals surface area (Å²) in [6.45, 7) is 6.45. The Hall–Kier alpha value is -0.120. The molecule has 17 heavy (non-hydrogen) atoms. The van der Waals surface area contributed by atoms with E-state index in [4.69, 9.17) is 5.73 Å². The molecule has 1 unspecified atom stereocenters. The summed E-state index contributed by atoms with van der Waals surface area (Å²) < 4.78 is 0. The molecule has 3 heteroatoms. The quantitative estimate of drug-likeness (QED) is 0.806. The van der Waals surface area contributed by atoms with Crippen LogP contribution >= 0.6 is 0 Å². The Morgan fingerprint density at radius 1 is 1.06 bits per heavy atom. The number of nitrogens with two attached hydrogens (primary N) is 1. The van der Waals surface area contributed by atoms with Gasteiger partial charge in [0.2, 0.25) is 0 Å². The van der Waals surface area contributed by atoms with Crippen LogP contribution in [0.25, 0.3) is 0 Å². The highest BCUT2D eigenvalue weighted by Gasteiger charge is 2.34. The number of piperazine rings is 1. The molecule has 0 radical (unpaired) electrons. The third-order valence-electron chi connectivity index (χ3n) is 5.20. The largest absolute Gasteiger partial charge is 0.325 e. The Balaban J connectivity index is 1.45. The SMILES string of the molecule is NC1(CCN2CCN3CCCCC3C2)CCC1. The van der Waals surface area contributed by atoms with Gasteiger partial charge in [-0.05, 0) is 51.6 Å². The first kappa shape index (κ1) is 11.9. The third-order valence-corrected chi connectivity index (χ3v) is 5.20. The topological polar surface area (TPSA) is 32.5 Å². The first-order valence-electron chi connectivity index (χ1n) is 7.51.